The molecule has 0 spiro atoms. The monoisotopic (exact) mass is 400 g/mol. The molecule has 11 heteroatoms. The average molecular weight is 401 g/mol. The van der Waals surface area contributed by atoms with Gasteiger partial charge >= 0.3 is 6.03 Å². The highest BCUT2D eigenvalue weighted by Gasteiger charge is 2.12. The van der Waals surface area contributed by atoms with Crippen molar-refractivity contribution >= 4 is 56.5 Å². The minimum Gasteiger partial charge on any atom is -0.341 e. The third-order valence-corrected chi connectivity index (χ3v) is 5.00. The first-order valence-electron chi connectivity index (χ1n) is 7.81. The van der Waals surface area contributed by atoms with Crippen LogP contribution in [0.3, 0.4) is 0 Å². The molecule has 3 aromatic heterocycles. The van der Waals surface area contributed by atoms with E-state index in [4.69, 9.17) is 11.6 Å². The van der Waals surface area contributed by atoms with Gasteiger partial charge < -0.3 is 10.6 Å². The zero-order chi connectivity index (χ0) is 18.8. The van der Waals surface area contributed by atoms with Gasteiger partial charge in [-0.3, -0.25) is 10.4 Å². The van der Waals surface area contributed by atoms with Gasteiger partial charge in [0.15, 0.2) is 0 Å². The fourth-order valence-corrected chi connectivity index (χ4v) is 3.41. The number of H-pyrrole nitrogens is 1. The number of fused-ring (bicyclic) bond motifs is 1. The van der Waals surface area contributed by atoms with Crippen LogP contribution in [0.5, 0.6) is 0 Å². The van der Waals surface area contributed by atoms with Crippen LogP contribution >= 0.6 is 22.9 Å². The van der Waals surface area contributed by atoms with Gasteiger partial charge in [0, 0.05) is 24.2 Å². The summed E-state index contributed by atoms with van der Waals surface area (Å²) in [5.41, 5.74) is 2.36. The molecule has 0 fully saturated rings. The molecule has 1 aromatic carbocycles. The first kappa shape index (κ1) is 17.2. The third-order valence-electron chi connectivity index (χ3n) is 3.70. The van der Waals surface area contributed by atoms with E-state index in [0.29, 0.717) is 26.7 Å². The molecule has 0 atom stereocenters. The molecule has 0 saturated heterocycles. The van der Waals surface area contributed by atoms with Crippen LogP contribution in [0, 0.1) is 0 Å². The lowest BCUT2D eigenvalue weighted by Gasteiger charge is -2.05. The standard InChI is InChI=1S/C16H13ClN8OS/c1-18-15(26)22-12-6-8(4-5-19-12)14-24-25-16(27-14)21-11-3-2-10-9(13(11)17)7-20-23-10/h2-7H,1H3,(H,20,23)(H,21,25)(H2,18,19,22,26). The molecular formula is C16H13ClN8OS. The molecule has 0 aliphatic rings. The lowest BCUT2D eigenvalue weighted by Crippen LogP contribution is -2.24. The topological polar surface area (TPSA) is 121 Å². The summed E-state index contributed by atoms with van der Waals surface area (Å²) in [6, 6.07) is 6.91. The van der Waals surface area contributed by atoms with Crippen LogP contribution in [0.1, 0.15) is 0 Å². The van der Waals surface area contributed by atoms with E-state index in [-0.39, 0.29) is 6.03 Å². The van der Waals surface area contributed by atoms with E-state index in [1.807, 2.05) is 12.1 Å². The molecule has 4 rings (SSSR count). The summed E-state index contributed by atoms with van der Waals surface area (Å²) in [7, 11) is 1.54. The summed E-state index contributed by atoms with van der Waals surface area (Å²) in [4.78, 5) is 15.5. The molecule has 0 radical (unpaired) electrons. The van der Waals surface area contributed by atoms with E-state index >= 15 is 0 Å². The third kappa shape index (κ3) is 3.52. The molecule has 0 bridgehead atoms. The number of benzene rings is 1. The van der Waals surface area contributed by atoms with Crippen LogP contribution < -0.4 is 16.0 Å². The number of halogens is 1. The lowest BCUT2D eigenvalue weighted by atomic mass is 10.2. The van der Waals surface area contributed by atoms with Crippen LogP contribution in [-0.2, 0) is 0 Å². The Labute approximate surface area is 162 Å². The number of aromatic nitrogens is 5. The van der Waals surface area contributed by atoms with Gasteiger partial charge in [0.1, 0.15) is 10.8 Å². The molecule has 27 heavy (non-hydrogen) atoms. The molecular weight excluding hydrogens is 388 g/mol. The van der Waals surface area contributed by atoms with Crippen molar-refractivity contribution in [3.8, 4) is 10.6 Å². The molecule has 2 amide bonds. The fourth-order valence-electron chi connectivity index (χ4n) is 2.40. The molecule has 136 valence electrons. The number of hydrogen-bond acceptors (Lipinski definition) is 7. The van der Waals surface area contributed by atoms with Crippen LogP contribution in [0.15, 0.2) is 36.7 Å². The largest absolute Gasteiger partial charge is 0.341 e. The summed E-state index contributed by atoms with van der Waals surface area (Å²) in [6.45, 7) is 0. The molecule has 4 aromatic rings. The van der Waals surface area contributed by atoms with E-state index < -0.39 is 0 Å². The Hall–Kier alpha value is -3.24. The maximum Gasteiger partial charge on any atom is 0.320 e. The van der Waals surface area contributed by atoms with Crippen molar-refractivity contribution in [1.82, 2.24) is 30.7 Å². The molecule has 4 N–H and O–H groups in total. The fraction of sp³-hybridized carbons (Fsp3) is 0.0625. The van der Waals surface area contributed by atoms with Crippen molar-refractivity contribution in [3.63, 3.8) is 0 Å². The number of pyridine rings is 1. The Balaban J connectivity index is 1.57. The number of amides is 2. The maximum atomic E-state index is 11.4. The van der Waals surface area contributed by atoms with E-state index in [9.17, 15) is 4.79 Å². The van der Waals surface area contributed by atoms with Crippen molar-refractivity contribution in [1.29, 1.82) is 0 Å². The summed E-state index contributed by atoms with van der Waals surface area (Å²) < 4.78 is 0. The number of carbonyl (C=O) groups excluding carboxylic acids is 1. The van der Waals surface area contributed by atoms with Gasteiger partial charge in [-0.05, 0) is 24.3 Å². The van der Waals surface area contributed by atoms with E-state index in [0.717, 1.165) is 16.5 Å². The number of aromatic amines is 1. The van der Waals surface area contributed by atoms with Gasteiger partial charge in [0.25, 0.3) is 0 Å². The molecule has 0 unspecified atom stereocenters. The summed E-state index contributed by atoms with van der Waals surface area (Å²) >= 11 is 7.78. The number of carbonyl (C=O) groups is 1. The van der Waals surface area contributed by atoms with Crippen molar-refractivity contribution in [2.75, 3.05) is 17.7 Å². The lowest BCUT2D eigenvalue weighted by molar-refractivity contribution is 0.254. The van der Waals surface area contributed by atoms with Crippen LogP contribution in [0.4, 0.5) is 21.4 Å². The predicted molar refractivity (Wildman–Crippen MR) is 106 cm³/mol. The number of nitrogens with zero attached hydrogens (tertiary/aromatic N) is 4. The van der Waals surface area contributed by atoms with E-state index in [1.165, 1.54) is 18.4 Å². The second-order valence-electron chi connectivity index (χ2n) is 5.43. The second kappa shape index (κ2) is 7.17. The first-order valence-corrected chi connectivity index (χ1v) is 9.01. The number of urea groups is 1. The molecule has 0 aliphatic carbocycles. The molecule has 3 heterocycles. The highest BCUT2D eigenvalue weighted by atomic mass is 35.5. The van der Waals surface area contributed by atoms with E-state index in [1.54, 1.807) is 24.5 Å². The Kier molecular flexibility index (Phi) is 4.57. The van der Waals surface area contributed by atoms with Gasteiger partial charge in [0.2, 0.25) is 5.13 Å². The van der Waals surface area contributed by atoms with Gasteiger partial charge in [-0.2, -0.15) is 5.10 Å². The minimum absolute atomic E-state index is 0.344. The van der Waals surface area contributed by atoms with Gasteiger partial charge in [-0.25, -0.2) is 9.78 Å². The van der Waals surface area contributed by atoms with Crippen molar-refractivity contribution in [2.45, 2.75) is 0 Å². The van der Waals surface area contributed by atoms with Gasteiger partial charge in [-0.15, -0.1) is 10.2 Å². The second-order valence-corrected chi connectivity index (χ2v) is 6.79. The predicted octanol–water partition coefficient (Wildman–Crippen LogP) is 3.62. The highest BCUT2D eigenvalue weighted by molar-refractivity contribution is 7.18. The normalized spacial score (nSPS) is 10.7. The number of anilines is 3. The summed E-state index contributed by atoms with van der Waals surface area (Å²) in [5.74, 6) is 0.421. The van der Waals surface area contributed by atoms with Gasteiger partial charge in [-0.1, -0.05) is 22.9 Å². The van der Waals surface area contributed by atoms with Crippen molar-refractivity contribution in [3.05, 3.63) is 41.7 Å². The zero-order valence-electron chi connectivity index (χ0n) is 13.9. The Morgan fingerprint density at radius 1 is 1.26 bits per heavy atom. The zero-order valence-corrected chi connectivity index (χ0v) is 15.5. The molecule has 0 aliphatic heterocycles. The highest BCUT2D eigenvalue weighted by Crippen LogP contribution is 2.34. The SMILES string of the molecule is CNC(=O)Nc1cc(-c2nnc(Nc3ccc4[nH]ncc4c3Cl)s2)ccn1. The smallest absolute Gasteiger partial charge is 0.320 e. The van der Waals surface area contributed by atoms with Gasteiger partial charge in [0.05, 0.1) is 22.4 Å². The molecule has 9 nitrogen and oxygen atoms in total. The first-order chi connectivity index (χ1) is 13.1. The number of nitrogens with one attached hydrogen (secondary N) is 4. The maximum absolute atomic E-state index is 11.4. The summed E-state index contributed by atoms with van der Waals surface area (Å²) in [5, 5.41) is 26.1. The van der Waals surface area contributed by atoms with Crippen LogP contribution in [0.25, 0.3) is 21.5 Å². The molecule has 0 saturated carbocycles. The van der Waals surface area contributed by atoms with Crippen LogP contribution in [0.2, 0.25) is 5.02 Å². The van der Waals surface area contributed by atoms with E-state index in [2.05, 4.69) is 41.3 Å². The quantitative estimate of drug-likeness (QED) is 0.415. The average Bonchev–Trinajstić information content (AvgIpc) is 3.34. The van der Waals surface area contributed by atoms with Crippen molar-refractivity contribution < 1.29 is 4.79 Å². The Morgan fingerprint density at radius 2 is 2.15 bits per heavy atom. The number of hydrogen-bond donors (Lipinski definition) is 4. The minimum atomic E-state index is -0.344. The Bertz CT molecular complexity index is 1120. The van der Waals surface area contributed by atoms with Crippen LogP contribution in [-0.4, -0.2) is 38.5 Å². The summed E-state index contributed by atoms with van der Waals surface area (Å²) in [6.07, 6.45) is 3.27. The Morgan fingerprint density at radius 3 is 3.00 bits per heavy atom. The van der Waals surface area contributed by atoms with Crippen molar-refractivity contribution in [2.24, 2.45) is 0 Å². The number of rotatable bonds is 4.